The Morgan fingerprint density at radius 2 is 1.80 bits per heavy atom. The lowest BCUT2D eigenvalue weighted by molar-refractivity contribution is -0.201. The van der Waals surface area contributed by atoms with E-state index in [1.165, 1.54) is 4.90 Å². The Hall–Kier alpha value is -1.27. The van der Waals surface area contributed by atoms with Gasteiger partial charge in [-0.25, -0.2) is 0 Å². The molecule has 7 heteroatoms. The van der Waals surface area contributed by atoms with Gasteiger partial charge in [0, 0.05) is 31.8 Å². The molecule has 1 saturated heterocycles. The third kappa shape index (κ3) is 3.24. The standard InChI is InChI=1S/C13H19F3N2O2/c14-13(15,16)11-4-2-1-3-10(11)12(19)18-7-5-9(17-20)6-8-18/h10-11,20H,1-8H2. The monoisotopic (exact) mass is 292 g/mol. The Morgan fingerprint density at radius 1 is 1.20 bits per heavy atom. The van der Waals surface area contributed by atoms with Gasteiger partial charge >= 0.3 is 6.18 Å². The lowest BCUT2D eigenvalue weighted by Crippen LogP contribution is -2.47. The van der Waals surface area contributed by atoms with Crippen LogP contribution in [0.15, 0.2) is 5.16 Å². The van der Waals surface area contributed by atoms with Crippen LogP contribution in [-0.2, 0) is 4.79 Å². The number of carbonyl (C=O) groups excluding carboxylic acids is 1. The predicted molar refractivity (Wildman–Crippen MR) is 66.5 cm³/mol. The van der Waals surface area contributed by atoms with Crippen molar-refractivity contribution in [2.45, 2.75) is 44.7 Å². The van der Waals surface area contributed by atoms with E-state index in [1.54, 1.807) is 0 Å². The van der Waals surface area contributed by atoms with Gasteiger partial charge in [-0.1, -0.05) is 18.0 Å². The fourth-order valence-electron chi connectivity index (χ4n) is 3.14. The number of carbonyl (C=O) groups is 1. The highest BCUT2D eigenvalue weighted by Crippen LogP contribution is 2.42. The number of piperidine rings is 1. The van der Waals surface area contributed by atoms with Crippen molar-refractivity contribution in [1.82, 2.24) is 4.90 Å². The highest BCUT2D eigenvalue weighted by Gasteiger charge is 2.49. The second kappa shape index (κ2) is 6.01. The van der Waals surface area contributed by atoms with Crippen LogP contribution in [0, 0.1) is 11.8 Å². The first kappa shape index (κ1) is 15.1. The molecule has 0 spiro atoms. The van der Waals surface area contributed by atoms with Crippen LogP contribution in [0.1, 0.15) is 38.5 Å². The summed E-state index contributed by atoms with van der Waals surface area (Å²) in [6.45, 7) is 0.693. The fourth-order valence-corrected chi connectivity index (χ4v) is 3.14. The molecule has 2 aliphatic rings. The predicted octanol–water partition coefficient (Wildman–Crippen LogP) is 2.81. The molecule has 1 aliphatic carbocycles. The minimum atomic E-state index is -4.30. The fraction of sp³-hybridized carbons (Fsp3) is 0.846. The largest absolute Gasteiger partial charge is 0.411 e. The molecular weight excluding hydrogens is 273 g/mol. The SMILES string of the molecule is O=C(C1CCCCC1C(F)(F)F)N1CCC(=NO)CC1. The number of hydrogen-bond donors (Lipinski definition) is 1. The number of oxime groups is 1. The molecule has 0 aromatic rings. The van der Waals surface area contributed by atoms with Crippen molar-refractivity contribution < 1.29 is 23.2 Å². The van der Waals surface area contributed by atoms with Gasteiger partial charge in [0.2, 0.25) is 5.91 Å². The van der Waals surface area contributed by atoms with Crippen molar-refractivity contribution in [1.29, 1.82) is 0 Å². The lowest BCUT2D eigenvalue weighted by Gasteiger charge is -2.37. The Bertz CT molecular complexity index is 386. The van der Waals surface area contributed by atoms with E-state index in [-0.39, 0.29) is 12.3 Å². The summed E-state index contributed by atoms with van der Waals surface area (Å²) in [7, 11) is 0. The van der Waals surface area contributed by atoms with E-state index in [2.05, 4.69) is 5.16 Å². The van der Waals surface area contributed by atoms with Gasteiger partial charge in [0.1, 0.15) is 0 Å². The number of likely N-dealkylation sites (tertiary alicyclic amines) is 1. The average Bonchev–Trinajstić information content (AvgIpc) is 2.46. The van der Waals surface area contributed by atoms with Crippen LogP contribution in [0.25, 0.3) is 0 Å². The number of nitrogens with zero attached hydrogens (tertiary/aromatic N) is 2. The van der Waals surface area contributed by atoms with Gasteiger partial charge in [0.15, 0.2) is 0 Å². The molecule has 1 aliphatic heterocycles. The van der Waals surface area contributed by atoms with Crippen molar-refractivity contribution in [2.75, 3.05) is 13.1 Å². The Labute approximate surface area is 115 Å². The van der Waals surface area contributed by atoms with Crippen LogP contribution in [0.5, 0.6) is 0 Å². The zero-order valence-corrected chi connectivity index (χ0v) is 11.2. The van der Waals surface area contributed by atoms with E-state index in [0.29, 0.717) is 50.9 Å². The Balaban J connectivity index is 2.03. The first-order valence-corrected chi connectivity index (χ1v) is 6.99. The second-order valence-corrected chi connectivity index (χ2v) is 5.53. The zero-order valence-electron chi connectivity index (χ0n) is 11.2. The average molecular weight is 292 g/mol. The highest BCUT2D eigenvalue weighted by molar-refractivity contribution is 5.87. The molecule has 114 valence electrons. The molecular formula is C13H19F3N2O2. The van der Waals surface area contributed by atoms with Gasteiger partial charge in [0.25, 0.3) is 0 Å². The topological polar surface area (TPSA) is 52.9 Å². The highest BCUT2D eigenvalue weighted by atomic mass is 19.4. The van der Waals surface area contributed by atoms with Crippen molar-refractivity contribution >= 4 is 11.6 Å². The molecule has 2 fully saturated rings. The summed E-state index contributed by atoms with van der Waals surface area (Å²) in [6, 6.07) is 0. The van der Waals surface area contributed by atoms with Crippen molar-refractivity contribution in [2.24, 2.45) is 17.0 Å². The van der Waals surface area contributed by atoms with E-state index >= 15 is 0 Å². The normalized spacial score (nSPS) is 28.4. The third-order valence-corrected chi connectivity index (χ3v) is 4.30. The smallest absolute Gasteiger partial charge is 0.392 e. The quantitative estimate of drug-likeness (QED) is 0.597. The summed E-state index contributed by atoms with van der Waals surface area (Å²) in [6.07, 6.45) is -1.83. The van der Waals surface area contributed by atoms with Crippen molar-refractivity contribution in [3.8, 4) is 0 Å². The van der Waals surface area contributed by atoms with E-state index < -0.39 is 18.0 Å². The molecule has 20 heavy (non-hydrogen) atoms. The zero-order chi connectivity index (χ0) is 14.8. The lowest BCUT2D eigenvalue weighted by atomic mass is 9.77. The minimum absolute atomic E-state index is 0.0527. The molecule has 0 aromatic heterocycles. The van der Waals surface area contributed by atoms with Crippen LogP contribution >= 0.6 is 0 Å². The summed E-state index contributed by atoms with van der Waals surface area (Å²) in [5, 5.41) is 11.8. The summed E-state index contributed by atoms with van der Waals surface area (Å²) in [5.74, 6) is -2.82. The van der Waals surface area contributed by atoms with Gasteiger partial charge in [-0.05, 0) is 12.8 Å². The van der Waals surface area contributed by atoms with E-state index in [0.717, 1.165) is 0 Å². The maximum absolute atomic E-state index is 13.0. The molecule has 1 saturated carbocycles. The maximum Gasteiger partial charge on any atom is 0.392 e. The number of alkyl halides is 3. The number of amides is 1. The first-order chi connectivity index (χ1) is 9.43. The molecule has 4 nitrogen and oxygen atoms in total. The summed E-state index contributed by atoms with van der Waals surface area (Å²) >= 11 is 0. The molecule has 1 N–H and O–H groups in total. The Morgan fingerprint density at radius 3 is 2.35 bits per heavy atom. The van der Waals surface area contributed by atoms with Crippen LogP contribution in [0.3, 0.4) is 0 Å². The van der Waals surface area contributed by atoms with E-state index in [1.807, 2.05) is 0 Å². The maximum atomic E-state index is 13.0. The van der Waals surface area contributed by atoms with Gasteiger partial charge in [-0.2, -0.15) is 13.2 Å². The molecule has 2 rings (SSSR count). The molecule has 1 amide bonds. The van der Waals surface area contributed by atoms with Gasteiger partial charge in [-0.3, -0.25) is 4.79 Å². The number of rotatable bonds is 1. The van der Waals surface area contributed by atoms with E-state index in [4.69, 9.17) is 5.21 Å². The molecule has 2 unspecified atom stereocenters. The summed E-state index contributed by atoms with van der Waals surface area (Å²) in [4.78, 5) is 13.8. The summed E-state index contributed by atoms with van der Waals surface area (Å²) < 4.78 is 39.0. The molecule has 1 heterocycles. The molecule has 2 atom stereocenters. The van der Waals surface area contributed by atoms with E-state index in [9.17, 15) is 18.0 Å². The van der Waals surface area contributed by atoms with Crippen molar-refractivity contribution in [3.05, 3.63) is 0 Å². The molecule has 0 bridgehead atoms. The van der Waals surface area contributed by atoms with Crippen LogP contribution < -0.4 is 0 Å². The minimum Gasteiger partial charge on any atom is -0.411 e. The molecule has 0 radical (unpaired) electrons. The van der Waals surface area contributed by atoms with Crippen LogP contribution in [0.2, 0.25) is 0 Å². The van der Waals surface area contributed by atoms with Crippen molar-refractivity contribution in [3.63, 3.8) is 0 Å². The number of halogens is 3. The van der Waals surface area contributed by atoms with Crippen LogP contribution in [-0.4, -0.2) is 41.0 Å². The molecule has 0 aromatic carbocycles. The summed E-state index contributed by atoms with van der Waals surface area (Å²) in [5.41, 5.74) is 0.602. The van der Waals surface area contributed by atoms with Gasteiger partial charge in [0.05, 0.1) is 11.6 Å². The third-order valence-electron chi connectivity index (χ3n) is 4.30. The first-order valence-electron chi connectivity index (χ1n) is 6.99. The van der Waals surface area contributed by atoms with Gasteiger partial charge in [-0.15, -0.1) is 0 Å². The second-order valence-electron chi connectivity index (χ2n) is 5.53. The van der Waals surface area contributed by atoms with Gasteiger partial charge < -0.3 is 10.1 Å². The number of hydrogen-bond acceptors (Lipinski definition) is 3. The Kier molecular flexibility index (Phi) is 4.55. The van der Waals surface area contributed by atoms with Crippen LogP contribution in [0.4, 0.5) is 13.2 Å².